The number of primary amides is 1. The van der Waals surface area contributed by atoms with E-state index in [9.17, 15) is 30.8 Å². The number of carbonyl (C=O) groups is 1. The molecule has 144 valence electrons. The Balaban J connectivity index is 2.10. The van der Waals surface area contributed by atoms with E-state index in [0.717, 1.165) is 15.9 Å². The molecule has 1 aliphatic rings. The Bertz CT molecular complexity index is 1010. The zero-order valence-electron chi connectivity index (χ0n) is 13.7. The summed E-state index contributed by atoms with van der Waals surface area (Å²) < 4.78 is 78.9. The lowest BCUT2D eigenvalue weighted by Gasteiger charge is -2.34. The molecule has 10 heteroatoms. The van der Waals surface area contributed by atoms with E-state index in [-0.39, 0.29) is 19.0 Å². The van der Waals surface area contributed by atoms with Crippen LogP contribution in [0.25, 0.3) is 0 Å². The highest BCUT2D eigenvalue weighted by Crippen LogP contribution is 2.35. The van der Waals surface area contributed by atoms with Crippen molar-refractivity contribution in [3.8, 4) is 0 Å². The Morgan fingerprint density at radius 1 is 1.11 bits per heavy atom. The summed E-state index contributed by atoms with van der Waals surface area (Å²) >= 11 is 0. The van der Waals surface area contributed by atoms with Gasteiger partial charge < -0.3 is 5.73 Å². The first kappa shape index (κ1) is 19.3. The van der Waals surface area contributed by atoms with Crippen LogP contribution in [0.4, 0.5) is 17.6 Å². The smallest absolute Gasteiger partial charge is 0.368 e. The number of nitrogens with zero attached hydrogens (tertiary/aromatic N) is 1. The predicted octanol–water partition coefficient (Wildman–Crippen LogP) is 2.45. The summed E-state index contributed by atoms with van der Waals surface area (Å²) in [4.78, 5) is 11.0. The summed E-state index contributed by atoms with van der Waals surface area (Å²) in [5, 5.41) is 0. The van der Waals surface area contributed by atoms with Gasteiger partial charge in [-0.1, -0.05) is 24.3 Å². The standard InChI is InChI=1S/C17H14F4N2O3S/c18-14-6-5-12(8-13(14)17(19,20)21)27(25,26)23-9-11-4-2-1-3-10(11)7-15(23)16(22)24/h1-6,8,15H,7,9H2,(H2,22,24)/t15-/m0/s1. The van der Waals surface area contributed by atoms with E-state index in [1.807, 2.05) is 0 Å². The molecular weight excluding hydrogens is 388 g/mol. The Morgan fingerprint density at radius 2 is 1.74 bits per heavy atom. The van der Waals surface area contributed by atoms with Crippen LogP contribution in [0, 0.1) is 5.82 Å². The maximum absolute atomic E-state index is 13.5. The molecule has 0 saturated carbocycles. The monoisotopic (exact) mass is 402 g/mol. The van der Waals surface area contributed by atoms with Crippen LogP contribution in [0.2, 0.25) is 0 Å². The fourth-order valence-electron chi connectivity index (χ4n) is 3.01. The third-order valence-electron chi connectivity index (χ3n) is 4.38. The molecule has 0 radical (unpaired) electrons. The molecule has 2 aromatic carbocycles. The number of nitrogens with two attached hydrogens (primary N) is 1. The maximum atomic E-state index is 13.5. The third-order valence-corrected chi connectivity index (χ3v) is 6.23. The number of carbonyl (C=O) groups excluding carboxylic acids is 1. The molecule has 1 aliphatic heterocycles. The average molecular weight is 402 g/mol. The second-order valence-corrected chi connectivity index (χ2v) is 7.97. The number of fused-ring (bicyclic) bond motifs is 1. The first-order valence-corrected chi connectivity index (χ1v) is 9.20. The van der Waals surface area contributed by atoms with Crippen LogP contribution in [0.5, 0.6) is 0 Å². The number of rotatable bonds is 3. The second-order valence-electron chi connectivity index (χ2n) is 6.08. The summed E-state index contributed by atoms with van der Waals surface area (Å²) in [5.74, 6) is -2.51. The summed E-state index contributed by atoms with van der Waals surface area (Å²) in [5.41, 5.74) is 4.96. The van der Waals surface area contributed by atoms with Crippen molar-refractivity contribution >= 4 is 15.9 Å². The molecule has 0 bridgehead atoms. The summed E-state index contributed by atoms with van der Waals surface area (Å²) in [6, 6.07) is 6.90. The summed E-state index contributed by atoms with van der Waals surface area (Å²) in [6.07, 6.45) is -5.06. The summed E-state index contributed by atoms with van der Waals surface area (Å²) in [7, 11) is -4.53. The highest BCUT2D eigenvalue weighted by molar-refractivity contribution is 7.89. The lowest BCUT2D eigenvalue weighted by molar-refractivity contribution is -0.140. The number of alkyl halides is 3. The molecule has 1 heterocycles. The van der Waals surface area contributed by atoms with Crippen LogP contribution in [0.3, 0.4) is 0 Å². The minimum Gasteiger partial charge on any atom is -0.368 e. The van der Waals surface area contributed by atoms with Crippen LogP contribution in [0.1, 0.15) is 16.7 Å². The van der Waals surface area contributed by atoms with Gasteiger partial charge in [-0.25, -0.2) is 12.8 Å². The molecule has 0 spiro atoms. The van der Waals surface area contributed by atoms with Crippen molar-refractivity contribution in [2.75, 3.05) is 0 Å². The lowest BCUT2D eigenvalue weighted by atomic mass is 9.96. The van der Waals surface area contributed by atoms with Crippen LogP contribution < -0.4 is 5.73 Å². The molecule has 1 amide bonds. The van der Waals surface area contributed by atoms with Gasteiger partial charge in [0, 0.05) is 6.54 Å². The van der Waals surface area contributed by atoms with Gasteiger partial charge in [0.2, 0.25) is 15.9 Å². The van der Waals surface area contributed by atoms with Gasteiger partial charge in [-0.2, -0.15) is 17.5 Å². The number of amides is 1. The minimum atomic E-state index is -5.06. The largest absolute Gasteiger partial charge is 0.419 e. The average Bonchev–Trinajstić information content (AvgIpc) is 2.59. The quantitative estimate of drug-likeness (QED) is 0.801. The molecule has 0 unspecified atom stereocenters. The Kier molecular flexibility index (Phi) is 4.73. The van der Waals surface area contributed by atoms with Crippen molar-refractivity contribution in [2.24, 2.45) is 5.73 Å². The molecule has 0 aromatic heterocycles. The number of benzene rings is 2. The Hall–Kier alpha value is -2.46. The van der Waals surface area contributed by atoms with Crippen molar-refractivity contribution in [1.29, 1.82) is 0 Å². The van der Waals surface area contributed by atoms with E-state index in [4.69, 9.17) is 5.73 Å². The number of hydrogen-bond donors (Lipinski definition) is 1. The predicted molar refractivity (Wildman–Crippen MR) is 87.3 cm³/mol. The molecule has 3 rings (SSSR count). The summed E-state index contributed by atoms with van der Waals surface area (Å²) in [6.45, 7) is -0.231. The molecule has 2 aromatic rings. The van der Waals surface area contributed by atoms with Gasteiger partial charge in [0.15, 0.2) is 0 Å². The van der Waals surface area contributed by atoms with Crippen molar-refractivity contribution in [3.63, 3.8) is 0 Å². The topological polar surface area (TPSA) is 80.5 Å². The van der Waals surface area contributed by atoms with E-state index >= 15 is 0 Å². The molecular formula is C17H14F4N2O3S. The molecule has 5 nitrogen and oxygen atoms in total. The van der Waals surface area contributed by atoms with Gasteiger partial charge in [0.25, 0.3) is 0 Å². The van der Waals surface area contributed by atoms with Gasteiger partial charge in [0.1, 0.15) is 11.9 Å². The van der Waals surface area contributed by atoms with E-state index < -0.39 is 44.4 Å². The third kappa shape index (κ3) is 3.54. The van der Waals surface area contributed by atoms with E-state index in [1.165, 1.54) is 0 Å². The number of halogens is 4. The van der Waals surface area contributed by atoms with Crippen molar-refractivity contribution in [2.45, 2.75) is 30.1 Å². The fourth-order valence-corrected chi connectivity index (χ4v) is 4.61. The molecule has 1 atom stereocenters. The van der Waals surface area contributed by atoms with Gasteiger partial charge in [-0.3, -0.25) is 4.79 Å². The minimum absolute atomic E-state index is 0.00193. The molecule has 2 N–H and O–H groups in total. The lowest BCUT2D eigenvalue weighted by Crippen LogP contribution is -2.51. The first-order chi connectivity index (χ1) is 12.5. The maximum Gasteiger partial charge on any atom is 0.419 e. The zero-order chi connectivity index (χ0) is 20.0. The van der Waals surface area contributed by atoms with Crippen LogP contribution in [0.15, 0.2) is 47.4 Å². The Labute approximate surface area is 152 Å². The fraction of sp³-hybridized carbons (Fsp3) is 0.235. The highest BCUT2D eigenvalue weighted by atomic mass is 32.2. The van der Waals surface area contributed by atoms with Crippen molar-refractivity contribution in [3.05, 3.63) is 65.0 Å². The number of sulfonamides is 1. The second kappa shape index (κ2) is 6.61. The Morgan fingerprint density at radius 3 is 2.33 bits per heavy atom. The number of hydrogen-bond acceptors (Lipinski definition) is 3. The van der Waals surface area contributed by atoms with Crippen LogP contribution in [-0.2, 0) is 34.0 Å². The van der Waals surface area contributed by atoms with E-state index in [2.05, 4.69) is 0 Å². The van der Waals surface area contributed by atoms with E-state index in [0.29, 0.717) is 11.6 Å². The SMILES string of the molecule is NC(=O)[C@@H]1Cc2ccccc2CN1S(=O)(=O)c1ccc(F)c(C(F)(F)F)c1. The molecule has 0 fully saturated rings. The van der Waals surface area contributed by atoms with Crippen molar-refractivity contribution in [1.82, 2.24) is 4.31 Å². The van der Waals surface area contributed by atoms with Gasteiger partial charge in [-0.15, -0.1) is 0 Å². The van der Waals surface area contributed by atoms with Gasteiger partial charge in [0.05, 0.1) is 10.5 Å². The zero-order valence-corrected chi connectivity index (χ0v) is 14.5. The molecule has 0 saturated heterocycles. The van der Waals surface area contributed by atoms with Crippen LogP contribution in [-0.4, -0.2) is 24.7 Å². The van der Waals surface area contributed by atoms with Gasteiger partial charge >= 0.3 is 6.18 Å². The van der Waals surface area contributed by atoms with Crippen molar-refractivity contribution < 1.29 is 30.8 Å². The van der Waals surface area contributed by atoms with Crippen LogP contribution >= 0.6 is 0 Å². The molecule has 27 heavy (non-hydrogen) atoms. The van der Waals surface area contributed by atoms with Gasteiger partial charge in [-0.05, 0) is 35.7 Å². The highest BCUT2D eigenvalue weighted by Gasteiger charge is 2.40. The normalized spacial score (nSPS) is 18.1. The van der Waals surface area contributed by atoms with E-state index in [1.54, 1.807) is 24.3 Å². The molecule has 0 aliphatic carbocycles. The first-order valence-electron chi connectivity index (χ1n) is 7.76.